The average molecular weight is 513 g/mol. The Morgan fingerprint density at radius 3 is 2.84 bits per heavy atom. The minimum absolute atomic E-state index is 0.0796. The third-order valence-electron chi connectivity index (χ3n) is 4.80. The van der Waals surface area contributed by atoms with Gasteiger partial charge in [-0.15, -0.1) is 5.10 Å². The van der Waals surface area contributed by atoms with Gasteiger partial charge in [0.05, 0.1) is 12.1 Å². The van der Waals surface area contributed by atoms with E-state index in [2.05, 4.69) is 31.6 Å². The van der Waals surface area contributed by atoms with Crippen LogP contribution in [0.5, 0.6) is 5.75 Å². The van der Waals surface area contributed by atoms with Crippen molar-refractivity contribution in [1.82, 2.24) is 20.3 Å². The first-order chi connectivity index (χ1) is 15.3. The van der Waals surface area contributed by atoms with Gasteiger partial charge in [0.15, 0.2) is 11.7 Å². The molecule has 9 nitrogen and oxygen atoms in total. The molecule has 2 heterocycles. The number of carbonyl (C=O) groups excluding carboxylic acids is 1. The number of nitrogens with one attached hydrogen (secondary N) is 1. The Morgan fingerprint density at radius 1 is 1.25 bits per heavy atom. The van der Waals surface area contributed by atoms with Gasteiger partial charge in [-0.1, -0.05) is 21.1 Å². The fraction of sp³-hybridized carbons (Fsp3) is 0.682. The average Bonchev–Trinajstić information content (AvgIpc) is 3.15. The van der Waals surface area contributed by atoms with Crippen molar-refractivity contribution in [2.45, 2.75) is 64.7 Å². The Balaban J connectivity index is 1.37. The number of hydrogen-bond acceptors (Lipinski definition) is 7. The van der Waals surface area contributed by atoms with Crippen LogP contribution in [0, 0.1) is 0 Å². The van der Waals surface area contributed by atoms with Crippen molar-refractivity contribution in [3.63, 3.8) is 0 Å². The molecule has 178 valence electrons. The lowest BCUT2D eigenvalue weighted by Gasteiger charge is -2.22. The van der Waals surface area contributed by atoms with Gasteiger partial charge in [0.1, 0.15) is 18.0 Å². The second kappa shape index (κ2) is 11.8. The molecular formula is C22H33BrN4O5. The molecule has 1 aromatic heterocycles. The molecule has 1 N–H and O–H groups in total. The van der Waals surface area contributed by atoms with E-state index >= 15 is 0 Å². The van der Waals surface area contributed by atoms with E-state index in [0.717, 1.165) is 54.2 Å². The van der Waals surface area contributed by atoms with Gasteiger partial charge in [0, 0.05) is 24.2 Å². The minimum atomic E-state index is -0.481. The zero-order valence-corrected chi connectivity index (χ0v) is 20.6. The van der Waals surface area contributed by atoms with Gasteiger partial charge in [-0.05, 0) is 65.0 Å². The predicted octanol–water partition coefficient (Wildman–Crippen LogP) is 4.59. The highest BCUT2D eigenvalue weighted by atomic mass is 79.9. The topological polar surface area (TPSA) is 96.7 Å². The first kappa shape index (κ1) is 24.7. The number of nitrogens with zero attached hydrogens (tertiary/aromatic N) is 3. The van der Waals surface area contributed by atoms with E-state index in [1.54, 1.807) is 0 Å². The molecule has 1 atom stereocenters. The zero-order valence-electron chi connectivity index (χ0n) is 19.1. The molecule has 0 bridgehead atoms. The van der Waals surface area contributed by atoms with Gasteiger partial charge in [-0.3, -0.25) is 0 Å². The number of amides is 1. The van der Waals surface area contributed by atoms with Crippen molar-refractivity contribution >= 4 is 33.1 Å². The molecule has 3 rings (SSSR count). The predicted molar refractivity (Wildman–Crippen MR) is 124 cm³/mol. The third-order valence-corrected chi connectivity index (χ3v) is 5.26. The smallest absolute Gasteiger partial charge is 0.407 e. The number of hydrogen-bond donors (Lipinski definition) is 1. The summed E-state index contributed by atoms with van der Waals surface area (Å²) < 4.78 is 25.4. The third kappa shape index (κ3) is 7.60. The molecule has 0 radical (unpaired) electrons. The molecule has 1 fully saturated rings. The van der Waals surface area contributed by atoms with Crippen LogP contribution in [0.4, 0.5) is 4.79 Å². The lowest BCUT2D eigenvalue weighted by molar-refractivity contribution is -0.0377. The minimum Gasteiger partial charge on any atom is -0.489 e. The monoisotopic (exact) mass is 512 g/mol. The molecule has 1 unspecified atom stereocenters. The Labute approximate surface area is 197 Å². The number of aromatic nitrogens is 3. The van der Waals surface area contributed by atoms with Crippen molar-refractivity contribution in [2.75, 3.05) is 33.0 Å². The van der Waals surface area contributed by atoms with Crippen LogP contribution in [0.3, 0.4) is 0 Å². The summed E-state index contributed by atoms with van der Waals surface area (Å²) in [4.78, 5) is 11.6. The highest BCUT2D eigenvalue weighted by Gasteiger charge is 2.21. The summed E-state index contributed by atoms with van der Waals surface area (Å²) >= 11 is 3.55. The molecule has 1 aromatic carbocycles. The molecule has 1 aliphatic rings. The molecule has 10 heteroatoms. The lowest BCUT2D eigenvalue weighted by atomic mass is 10.2. The number of fused-ring (bicyclic) bond motifs is 1. The molecule has 0 saturated carbocycles. The van der Waals surface area contributed by atoms with Gasteiger partial charge >= 0.3 is 6.09 Å². The van der Waals surface area contributed by atoms with Crippen molar-refractivity contribution in [1.29, 1.82) is 0 Å². The maximum absolute atomic E-state index is 11.6. The van der Waals surface area contributed by atoms with Crippen LogP contribution in [-0.2, 0) is 14.2 Å². The summed E-state index contributed by atoms with van der Waals surface area (Å²) in [6.45, 7) is 8.31. The van der Waals surface area contributed by atoms with E-state index in [4.69, 9.17) is 18.9 Å². The first-order valence-corrected chi connectivity index (χ1v) is 12.0. The second-order valence-corrected chi connectivity index (χ2v) is 9.64. The lowest BCUT2D eigenvalue weighted by Crippen LogP contribution is -2.33. The number of halogens is 1. The van der Waals surface area contributed by atoms with Crippen molar-refractivity contribution in [3.8, 4) is 5.75 Å². The fourth-order valence-electron chi connectivity index (χ4n) is 3.36. The number of ether oxygens (including phenoxy) is 4. The number of unbranched alkanes of at least 4 members (excludes halogenated alkanes) is 1. The number of carbonyl (C=O) groups is 1. The van der Waals surface area contributed by atoms with E-state index < -0.39 is 5.60 Å². The van der Waals surface area contributed by atoms with Crippen LogP contribution < -0.4 is 10.1 Å². The van der Waals surface area contributed by atoms with Crippen LogP contribution in [0.1, 0.15) is 59.1 Å². The fourth-order valence-corrected chi connectivity index (χ4v) is 3.79. The van der Waals surface area contributed by atoms with E-state index in [1.165, 1.54) is 0 Å². The molecule has 1 aliphatic heterocycles. The van der Waals surface area contributed by atoms with Gasteiger partial charge in [0.25, 0.3) is 0 Å². The largest absolute Gasteiger partial charge is 0.489 e. The van der Waals surface area contributed by atoms with Gasteiger partial charge in [-0.25, -0.2) is 9.48 Å². The van der Waals surface area contributed by atoms with Gasteiger partial charge in [-0.2, -0.15) is 0 Å². The highest BCUT2D eigenvalue weighted by molar-refractivity contribution is 9.10. The van der Waals surface area contributed by atoms with E-state index in [-0.39, 0.29) is 12.3 Å². The number of benzene rings is 1. The zero-order chi connectivity index (χ0) is 23.0. The summed E-state index contributed by atoms with van der Waals surface area (Å²) in [5.74, 6) is 0.668. The number of alkyl carbamates (subject to hydrolysis) is 1. The maximum atomic E-state index is 11.6. The van der Waals surface area contributed by atoms with E-state index in [1.807, 2.05) is 37.6 Å². The number of rotatable bonds is 10. The molecule has 0 spiro atoms. The van der Waals surface area contributed by atoms with Gasteiger partial charge in [0.2, 0.25) is 0 Å². The Hall–Kier alpha value is -1.91. The van der Waals surface area contributed by atoms with Crippen LogP contribution in [0.2, 0.25) is 0 Å². The summed E-state index contributed by atoms with van der Waals surface area (Å²) in [6.07, 6.45) is 4.33. The molecule has 0 aliphatic carbocycles. The van der Waals surface area contributed by atoms with E-state index in [0.29, 0.717) is 32.1 Å². The van der Waals surface area contributed by atoms with Gasteiger partial charge < -0.3 is 24.3 Å². The van der Waals surface area contributed by atoms with Crippen LogP contribution in [-0.4, -0.2) is 59.7 Å². The van der Waals surface area contributed by atoms with Crippen molar-refractivity contribution in [3.05, 3.63) is 16.6 Å². The highest BCUT2D eigenvalue weighted by Crippen LogP contribution is 2.32. The maximum Gasteiger partial charge on any atom is 0.407 e. The Morgan fingerprint density at radius 2 is 2.09 bits per heavy atom. The van der Waals surface area contributed by atoms with Crippen LogP contribution in [0.15, 0.2) is 16.6 Å². The second-order valence-electron chi connectivity index (χ2n) is 8.72. The molecule has 32 heavy (non-hydrogen) atoms. The quantitative estimate of drug-likeness (QED) is 0.464. The first-order valence-electron chi connectivity index (χ1n) is 11.2. The van der Waals surface area contributed by atoms with E-state index in [9.17, 15) is 4.79 Å². The van der Waals surface area contributed by atoms with Crippen LogP contribution >= 0.6 is 15.9 Å². The molecule has 1 saturated heterocycles. The Kier molecular flexibility index (Phi) is 9.12. The summed E-state index contributed by atoms with van der Waals surface area (Å²) in [5.41, 5.74) is 1.13. The summed E-state index contributed by atoms with van der Waals surface area (Å²) in [6, 6.07) is 3.88. The summed E-state index contributed by atoms with van der Waals surface area (Å²) in [7, 11) is 0. The van der Waals surface area contributed by atoms with Crippen molar-refractivity contribution < 1.29 is 23.7 Å². The molecule has 2 aromatic rings. The SMILES string of the molecule is CC(C)(C)OC(=O)NCCCCOCCOc1cc(Br)cc2c1nnn2C1CCCCO1. The summed E-state index contributed by atoms with van der Waals surface area (Å²) in [5, 5.41) is 11.4. The normalized spacial score (nSPS) is 16.8. The Bertz CT molecular complexity index is 877. The molecule has 1 amide bonds. The standard InChI is InChI=1S/C22H33BrN4O5/c1-22(2,3)32-21(28)24-9-5-7-10-29-12-13-30-18-15-16(23)14-17-20(18)25-26-27(17)19-8-4-6-11-31-19/h14-15,19H,4-13H2,1-3H3,(H,24,28). The van der Waals surface area contributed by atoms with Crippen LogP contribution in [0.25, 0.3) is 11.0 Å². The molecular weight excluding hydrogens is 480 g/mol. The van der Waals surface area contributed by atoms with Crippen molar-refractivity contribution in [2.24, 2.45) is 0 Å².